The number of ether oxygens (including phenoxy) is 2. The van der Waals surface area contributed by atoms with Crippen molar-refractivity contribution in [3.63, 3.8) is 0 Å². The summed E-state index contributed by atoms with van der Waals surface area (Å²) in [4.78, 5) is 0. The van der Waals surface area contributed by atoms with Crippen LogP contribution in [0.3, 0.4) is 0 Å². The zero-order chi connectivity index (χ0) is 27.9. The second kappa shape index (κ2) is 14.0. The summed E-state index contributed by atoms with van der Waals surface area (Å²) < 4.78 is 39.1. The zero-order valence-corrected chi connectivity index (χ0v) is 24.6. The van der Waals surface area contributed by atoms with Crippen molar-refractivity contribution >= 4 is 0 Å². The molecule has 0 bridgehead atoms. The maximum atomic E-state index is 14.3. The summed E-state index contributed by atoms with van der Waals surface area (Å²) in [5.74, 6) is 2.96. The van der Waals surface area contributed by atoms with E-state index in [4.69, 9.17) is 9.47 Å². The molecule has 2 aromatic rings. The van der Waals surface area contributed by atoms with Gasteiger partial charge in [-0.1, -0.05) is 62.6 Å². The van der Waals surface area contributed by atoms with Crippen LogP contribution in [0.5, 0.6) is 11.5 Å². The Labute approximate surface area is 240 Å². The molecular formula is C36H48F2O2. The normalized spacial score (nSPS) is 28.8. The highest BCUT2D eigenvalue weighted by molar-refractivity contribution is 5.35. The first-order valence-corrected chi connectivity index (χ1v) is 16.0. The molecular weight excluding hydrogens is 502 g/mol. The van der Waals surface area contributed by atoms with Crippen molar-refractivity contribution in [2.75, 3.05) is 6.61 Å². The summed E-state index contributed by atoms with van der Waals surface area (Å²) in [6.07, 6.45) is 21.7. The van der Waals surface area contributed by atoms with Gasteiger partial charge >= 0.3 is 0 Å². The highest BCUT2D eigenvalue weighted by Gasteiger charge is 2.34. The van der Waals surface area contributed by atoms with E-state index in [0.717, 1.165) is 35.2 Å². The number of hydrogen-bond donors (Lipinski definition) is 0. The summed E-state index contributed by atoms with van der Waals surface area (Å²) in [5.41, 5.74) is 2.32. The van der Waals surface area contributed by atoms with Crippen LogP contribution in [-0.2, 0) is 6.61 Å². The first kappa shape index (κ1) is 29.1. The number of rotatable bonds is 10. The first-order valence-electron chi connectivity index (χ1n) is 16.0. The van der Waals surface area contributed by atoms with Crippen LogP contribution in [0, 0.1) is 41.2 Å². The molecule has 0 spiro atoms. The highest BCUT2D eigenvalue weighted by Crippen LogP contribution is 2.46. The van der Waals surface area contributed by atoms with Crippen molar-refractivity contribution in [1.82, 2.24) is 0 Å². The van der Waals surface area contributed by atoms with E-state index in [1.165, 1.54) is 94.7 Å². The van der Waals surface area contributed by atoms with E-state index in [1.54, 1.807) is 6.92 Å². The van der Waals surface area contributed by atoms with Crippen LogP contribution >= 0.6 is 0 Å². The van der Waals surface area contributed by atoms with Gasteiger partial charge in [-0.2, -0.15) is 8.78 Å². The van der Waals surface area contributed by atoms with Gasteiger partial charge < -0.3 is 9.47 Å². The molecule has 0 heterocycles. The summed E-state index contributed by atoms with van der Waals surface area (Å²) >= 11 is 0. The van der Waals surface area contributed by atoms with Gasteiger partial charge in [-0.3, -0.25) is 0 Å². The molecule has 218 valence electrons. The minimum absolute atomic E-state index is 0.0889. The Kier molecular flexibility index (Phi) is 10.2. The molecule has 0 amide bonds. The number of benzene rings is 2. The first-order chi connectivity index (χ1) is 19.5. The lowest BCUT2D eigenvalue weighted by atomic mass is 9.64. The van der Waals surface area contributed by atoms with Crippen molar-refractivity contribution in [3.05, 3.63) is 71.3 Å². The molecule has 0 radical (unpaired) electrons. The van der Waals surface area contributed by atoms with E-state index in [1.807, 2.05) is 0 Å². The molecule has 0 N–H and O–H groups in total. The van der Waals surface area contributed by atoms with Gasteiger partial charge in [0.1, 0.15) is 6.61 Å². The van der Waals surface area contributed by atoms with E-state index in [2.05, 4.69) is 43.3 Å². The monoisotopic (exact) mass is 550 g/mol. The number of halogens is 2. The smallest absolute Gasteiger partial charge is 0.204 e. The molecule has 3 aliphatic carbocycles. The Morgan fingerprint density at radius 3 is 2.02 bits per heavy atom. The Balaban J connectivity index is 1.05. The lowest BCUT2D eigenvalue weighted by molar-refractivity contribution is 0.107. The van der Waals surface area contributed by atoms with E-state index < -0.39 is 11.6 Å². The molecule has 3 saturated carbocycles. The maximum absolute atomic E-state index is 14.3. The third-order valence-electron chi connectivity index (χ3n) is 10.0. The molecule has 0 saturated heterocycles. The van der Waals surface area contributed by atoms with Gasteiger partial charge in [-0.15, -0.1) is 0 Å². The molecule has 4 heteroatoms. The average molecular weight is 551 g/mol. The van der Waals surface area contributed by atoms with Gasteiger partial charge in [-0.05, 0) is 123 Å². The molecule has 4 atom stereocenters. The molecule has 0 aliphatic heterocycles. The fourth-order valence-corrected chi connectivity index (χ4v) is 7.77. The predicted molar refractivity (Wildman–Crippen MR) is 159 cm³/mol. The third kappa shape index (κ3) is 7.28. The number of allylic oxidation sites excluding steroid dienone is 2. The SMILES string of the molecule is CCCC1CCC2CC(C=CC3CCC(c4ccc(COc5ccc(OCC)c(F)c5F)cc4)CC3)CCC2C1. The van der Waals surface area contributed by atoms with Gasteiger partial charge in [0.05, 0.1) is 6.61 Å². The summed E-state index contributed by atoms with van der Waals surface area (Å²) in [6, 6.07) is 11.3. The molecule has 2 aromatic carbocycles. The summed E-state index contributed by atoms with van der Waals surface area (Å²) in [6.45, 7) is 4.55. The van der Waals surface area contributed by atoms with Crippen LogP contribution in [0.15, 0.2) is 48.6 Å². The molecule has 40 heavy (non-hydrogen) atoms. The Bertz CT molecular complexity index is 1100. The van der Waals surface area contributed by atoms with Crippen molar-refractivity contribution < 1.29 is 18.3 Å². The minimum atomic E-state index is -1.00. The summed E-state index contributed by atoms with van der Waals surface area (Å²) in [7, 11) is 0. The Hall–Kier alpha value is -2.36. The Morgan fingerprint density at radius 1 is 0.700 bits per heavy atom. The standard InChI is InChI=1S/C36H48F2O2/c1-3-5-26-10-18-32-23-27(11-19-31(32)22-26)7-6-25-8-14-29(15-9-25)30-16-12-28(13-17-30)24-40-34-21-20-33(39-4-2)35(37)36(34)38/h6-7,12-13,16-17,20-21,25-27,29,31-32H,3-5,8-11,14-15,18-19,22-24H2,1-2H3. The molecule has 4 unspecified atom stereocenters. The number of fused-ring (bicyclic) bond motifs is 1. The van der Waals surface area contributed by atoms with Gasteiger partial charge in [0.25, 0.3) is 0 Å². The second-order valence-corrected chi connectivity index (χ2v) is 12.7. The molecule has 3 aliphatic rings. The fraction of sp³-hybridized carbons (Fsp3) is 0.611. The van der Waals surface area contributed by atoms with Crippen molar-refractivity contribution in [2.24, 2.45) is 29.6 Å². The van der Waals surface area contributed by atoms with Gasteiger partial charge in [0.15, 0.2) is 11.5 Å². The quantitative estimate of drug-likeness (QED) is 0.274. The maximum Gasteiger partial charge on any atom is 0.204 e. The van der Waals surface area contributed by atoms with Crippen LogP contribution in [0.25, 0.3) is 0 Å². The molecule has 5 rings (SSSR count). The highest BCUT2D eigenvalue weighted by atomic mass is 19.2. The van der Waals surface area contributed by atoms with Crippen molar-refractivity contribution in [1.29, 1.82) is 0 Å². The second-order valence-electron chi connectivity index (χ2n) is 12.7. The van der Waals surface area contributed by atoms with Crippen LogP contribution in [0.4, 0.5) is 8.78 Å². The zero-order valence-electron chi connectivity index (χ0n) is 24.6. The summed E-state index contributed by atoms with van der Waals surface area (Å²) in [5, 5.41) is 0. The van der Waals surface area contributed by atoms with E-state index >= 15 is 0 Å². The number of hydrogen-bond acceptors (Lipinski definition) is 2. The average Bonchev–Trinajstić information content (AvgIpc) is 2.99. The van der Waals surface area contributed by atoms with Crippen LogP contribution in [0.2, 0.25) is 0 Å². The topological polar surface area (TPSA) is 18.5 Å². The van der Waals surface area contributed by atoms with Gasteiger partial charge in [0.2, 0.25) is 11.6 Å². The third-order valence-corrected chi connectivity index (χ3v) is 10.0. The van der Waals surface area contributed by atoms with Crippen molar-refractivity contribution in [2.45, 2.75) is 103 Å². The predicted octanol–water partition coefficient (Wildman–Crippen LogP) is 10.4. The van der Waals surface area contributed by atoms with E-state index in [-0.39, 0.29) is 24.7 Å². The van der Waals surface area contributed by atoms with Crippen LogP contribution in [-0.4, -0.2) is 6.61 Å². The lowest BCUT2D eigenvalue weighted by Gasteiger charge is -2.41. The minimum Gasteiger partial charge on any atom is -0.491 e. The Morgan fingerprint density at radius 2 is 1.32 bits per heavy atom. The van der Waals surface area contributed by atoms with Gasteiger partial charge in [-0.25, -0.2) is 0 Å². The largest absolute Gasteiger partial charge is 0.491 e. The fourth-order valence-electron chi connectivity index (χ4n) is 7.77. The molecule has 3 fully saturated rings. The van der Waals surface area contributed by atoms with E-state index in [0.29, 0.717) is 5.92 Å². The molecule has 0 aromatic heterocycles. The van der Waals surface area contributed by atoms with Crippen molar-refractivity contribution in [3.8, 4) is 11.5 Å². The van der Waals surface area contributed by atoms with Gasteiger partial charge in [0, 0.05) is 0 Å². The lowest BCUT2D eigenvalue weighted by Crippen LogP contribution is -2.30. The molecule has 2 nitrogen and oxygen atoms in total. The van der Waals surface area contributed by atoms with Crippen LogP contribution in [0.1, 0.15) is 108 Å². The van der Waals surface area contributed by atoms with Crippen LogP contribution < -0.4 is 9.47 Å². The van der Waals surface area contributed by atoms with E-state index in [9.17, 15) is 8.78 Å².